The lowest BCUT2D eigenvalue weighted by molar-refractivity contribution is 0.259. The summed E-state index contributed by atoms with van der Waals surface area (Å²) >= 11 is 0. The first kappa shape index (κ1) is 14.9. The fraction of sp³-hybridized carbons (Fsp3) is 0.235. The maximum atomic E-state index is 10.9. The van der Waals surface area contributed by atoms with Gasteiger partial charge in [0.2, 0.25) is 0 Å². The number of urea groups is 1. The molecule has 1 atom stereocenters. The number of nitrogens with two attached hydrogens (primary N) is 1. The highest BCUT2D eigenvalue weighted by atomic mass is 16.2. The molecule has 0 aliphatic heterocycles. The maximum absolute atomic E-state index is 10.9. The molecule has 0 aromatic heterocycles. The fourth-order valence-corrected chi connectivity index (χ4v) is 2.25. The molecule has 0 saturated heterocycles. The number of primary amides is 1. The van der Waals surface area contributed by atoms with Gasteiger partial charge >= 0.3 is 6.03 Å². The summed E-state index contributed by atoms with van der Waals surface area (Å²) in [6.45, 7) is 4.22. The van der Waals surface area contributed by atoms with Gasteiger partial charge in [-0.1, -0.05) is 42.8 Å². The predicted octanol–water partition coefficient (Wildman–Crippen LogP) is 4.05. The molecule has 2 aromatic carbocycles. The third-order valence-corrected chi connectivity index (χ3v) is 3.36. The number of aryl methyl sites for hydroxylation is 1. The first-order valence-corrected chi connectivity index (χ1v) is 7.08. The first-order valence-electron chi connectivity index (χ1n) is 7.08. The van der Waals surface area contributed by atoms with Crippen LogP contribution in [-0.4, -0.2) is 6.03 Å². The molecule has 0 radical (unpaired) electrons. The summed E-state index contributed by atoms with van der Waals surface area (Å²) < 4.78 is 0. The highest BCUT2D eigenvalue weighted by Crippen LogP contribution is 2.24. The molecule has 4 heteroatoms. The van der Waals surface area contributed by atoms with Crippen LogP contribution in [0, 0.1) is 6.92 Å². The van der Waals surface area contributed by atoms with Gasteiger partial charge in [0.1, 0.15) is 0 Å². The molecule has 0 saturated carbocycles. The number of hydrogen-bond donors (Lipinski definition) is 3. The smallest absolute Gasteiger partial charge is 0.316 e. The van der Waals surface area contributed by atoms with Crippen molar-refractivity contribution in [1.82, 2.24) is 0 Å². The van der Waals surface area contributed by atoms with Crippen LogP contribution < -0.4 is 16.4 Å². The molecule has 110 valence electrons. The molecule has 4 N–H and O–H groups in total. The molecule has 4 nitrogen and oxygen atoms in total. The molecule has 0 aliphatic carbocycles. The van der Waals surface area contributed by atoms with Crippen LogP contribution in [0.25, 0.3) is 0 Å². The van der Waals surface area contributed by atoms with Gasteiger partial charge in [-0.15, -0.1) is 0 Å². The summed E-state index contributed by atoms with van der Waals surface area (Å²) in [4.78, 5) is 10.9. The van der Waals surface area contributed by atoms with E-state index >= 15 is 0 Å². The largest absolute Gasteiger partial charge is 0.378 e. The average Bonchev–Trinajstić information content (AvgIpc) is 2.45. The van der Waals surface area contributed by atoms with Crippen molar-refractivity contribution in [3.8, 4) is 0 Å². The maximum Gasteiger partial charge on any atom is 0.316 e. The Labute approximate surface area is 125 Å². The normalized spacial score (nSPS) is 11.7. The van der Waals surface area contributed by atoms with Crippen LogP contribution in [0.3, 0.4) is 0 Å². The Kier molecular flexibility index (Phi) is 4.82. The third kappa shape index (κ3) is 4.24. The van der Waals surface area contributed by atoms with Gasteiger partial charge in [-0.05, 0) is 37.1 Å². The summed E-state index contributed by atoms with van der Waals surface area (Å²) in [5.41, 5.74) is 9.27. The van der Waals surface area contributed by atoms with Crippen molar-refractivity contribution in [1.29, 1.82) is 0 Å². The van der Waals surface area contributed by atoms with Crippen molar-refractivity contribution in [3.63, 3.8) is 0 Å². The Morgan fingerprint density at radius 1 is 1.14 bits per heavy atom. The minimum Gasteiger partial charge on any atom is -0.378 e. The van der Waals surface area contributed by atoms with Crippen LogP contribution in [0.4, 0.5) is 16.2 Å². The van der Waals surface area contributed by atoms with E-state index < -0.39 is 6.03 Å². The lowest BCUT2D eigenvalue weighted by Gasteiger charge is -2.19. The molecule has 2 aromatic rings. The summed E-state index contributed by atoms with van der Waals surface area (Å²) in [6.07, 6.45) is 0.969. The topological polar surface area (TPSA) is 67.2 Å². The second-order valence-corrected chi connectivity index (χ2v) is 5.09. The molecule has 0 fully saturated rings. The lowest BCUT2D eigenvalue weighted by atomic mass is 10.0. The van der Waals surface area contributed by atoms with Crippen molar-refractivity contribution in [2.24, 2.45) is 5.73 Å². The van der Waals surface area contributed by atoms with Gasteiger partial charge in [-0.3, -0.25) is 0 Å². The standard InChI is InChI=1S/C17H21N3O/c1-3-16(13-9-7-12(2)8-10-13)19-14-5-4-6-15(11-14)20-17(18)21/h4-11,16,19H,3H2,1-2H3,(H3,18,20,21). The first-order chi connectivity index (χ1) is 10.1. The number of carbonyl (C=O) groups is 1. The van der Waals surface area contributed by atoms with Gasteiger partial charge in [0.25, 0.3) is 0 Å². The number of amides is 2. The summed E-state index contributed by atoms with van der Waals surface area (Å²) in [6, 6.07) is 15.7. The number of rotatable bonds is 5. The fourth-order valence-electron chi connectivity index (χ4n) is 2.25. The van der Waals surface area contributed by atoms with Crippen LogP contribution in [0.2, 0.25) is 0 Å². The number of benzene rings is 2. The van der Waals surface area contributed by atoms with E-state index in [0.717, 1.165) is 12.1 Å². The Morgan fingerprint density at radius 2 is 1.81 bits per heavy atom. The van der Waals surface area contributed by atoms with E-state index in [1.165, 1.54) is 11.1 Å². The molecule has 0 bridgehead atoms. The van der Waals surface area contributed by atoms with Crippen LogP contribution in [0.15, 0.2) is 48.5 Å². The molecule has 0 aliphatic rings. The van der Waals surface area contributed by atoms with Crippen molar-refractivity contribution >= 4 is 17.4 Å². The molecule has 1 unspecified atom stereocenters. The van der Waals surface area contributed by atoms with Crippen LogP contribution in [0.1, 0.15) is 30.5 Å². The monoisotopic (exact) mass is 283 g/mol. The van der Waals surface area contributed by atoms with Crippen LogP contribution >= 0.6 is 0 Å². The number of nitrogens with one attached hydrogen (secondary N) is 2. The van der Waals surface area contributed by atoms with E-state index in [1.54, 1.807) is 0 Å². The van der Waals surface area contributed by atoms with Gasteiger partial charge in [-0.25, -0.2) is 4.79 Å². The van der Waals surface area contributed by atoms with Crippen molar-refractivity contribution in [3.05, 3.63) is 59.7 Å². The number of anilines is 2. The molecule has 21 heavy (non-hydrogen) atoms. The van der Waals surface area contributed by atoms with E-state index in [-0.39, 0.29) is 6.04 Å². The Morgan fingerprint density at radius 3 is 2.43 bits per heavy atom. The van der Waals surface area contributed by atoms with Gasteiger partial charge in [0.05, 0.1) is 6.04 Å². The van der Waals surface area contributed by atoms with Gasteiger partial charge in [-0.2, -0.15) is 0 Å². The second kappa shape index (κ2) is 6.79. The quantitative estimate of drug-likeness (QED) is 0.775. The Bertz CT molecular complexity index is 608. The Hall–Kier alpha value is -2.49. The van der Waals surface area contributed by atoms with Crippen molar-refractivity contribution < 1.29 is 4.79 Å². The summed E-state index contributed by atoms with van der Waals surface area (Å²) in [5, 5.41) is 6.07. The third-order valence-electron chi connectivity index (χ3n) is 3.36. The molecule has 0 spiro atoms. The van der Waals surface area contributed by atoms with Gasteiger partial charge in [0.15, 0.2) is 0 Å². The van der Waals surface area contributed by atoms with Gasteiger partial charge in [0, 0.05) is 11.4 Å². The van der Waals surface area contributed by atoms with E-state index in [4.69, 9.17) is 5.73 Å². The van der Waals surface area contributed by atoms with Crippen molar-refractivity contribution in [2.45, 2.75) is 26.3 Å². The van der Waals surface area contributed by atoms with E-state index in [0.29, 0.717) is 5.69 Å². The minimum absolute atomic E-state index is 0.231. The van der Waals surface area contributed by atoms with Crippen molar-refractivity contribution in [2.75, 3.05) is 10.6 Å². The predicted molar refractivity (Wildman–Crippen MR) is 87.5 cm³/mol. The van der Waals surface area contributed by atoms with Crippen LogP contribution in [-0.2, 0) is 0 Å². The average molecular weight is 283 g/mol. The molecular weight excluding hydrogens is 262 g/mol. The van der Waals surface area contributed by atoms with Crippen LogP contribution in [0.5, 0.6) is 0 Å². The highest BCUT2D eigenvalue weighted by Gasteiger charge is 2.09. The zero-order valence-electron chi connectivity index (χ0n) is 12.4. The number of hydrogen-bond acceptors (Lipinski definition) is 2. The highest BCUT2D eigenvalue weighted by molar-refractivity contribution is 5.88. The minimum atomic E-state index is -0.558. The number of carbonyl (C=O) groups excluding carboxylic acids is 1. The summed E-state index contributed by atoms with van der Waals surface area (Å²) in [5.74, 6) is 0. The molecule has 0 heterocycles. The Balaban J connectivity index is 2.14. The molecule has 2 amide bonds. The molecular formula is C17H21N3O. The van der Waals surface area contributed by atoms with Gasteiger partial charge < -0.3 is 16.4 Å². The van der Waals surface area contributed by atoms with E-state index in [1.807, 2.05) is 24.3 Å². The zero-order valence-corrected chi connectivity index (χ0v) is 12.4. The zero-order chi connectivity index (χ0) is 15.2. The SMILES string of the molecule is CCC(Nc1cccc(NC(N)=O)c1)c1ccc(C)cc1. The lowest BCUT2D eigenvalue weighted by Crippen LogP contribution is -2.19. The summed E-state index contributed by atoms with van der Waals surface area (Å²) in [7, 11) is 0. The molecule has 2 rings (SSSR count). The van der Waals surface area contributed by atoms with E-state index in [2.05, 4.69) is 48.7 Å². The second-order valence-electron chi connectivity index (χ2n) is 5.09. The van der Waals surface area contributed by atoms with E-state index in [9.17, 15) is 4.79 Å².